The third kappa shape index (κ3) is 11.8. The highest BCUT2D eigenvalue weighted by atomic mass is 32.1. The number of anilines is 3. The normalized spacial score (nSPS) is 17.7. The van der Waals surface area contributed by atoms with Crippen molar-refractivity contribution in [1.82, 2.24) is 49.3 Å². The van der Waals surface area contributed by atoms with Crippen molar-refractivity contribution in [2.24, 2.45) is 25.9 Å². The number of benzene rings is 2. The number of aromatic nitrogens is 8. The molecule has 2 saturated heterocycles. The lowest BCUT2D eigenvalue weighted by Gasteiger charge is -2.38. The van der Waals surface area contributed by atoms with Gasteiger partial charge in [0.15, 0.2) is 21.7 Å². The van der Waals surface area contributed by atoms with E-state index in [0.29, 0.717) is 41.4 Å². The van der Waals surface area contributed by atoms with E-state index in [0.717, 1.165) is 79.4 Å². The number of hydrogen-bond acceptors (Lipinski definition) is 15. The van der Waals surface area contributed by atoms with Crippen LogP contribution in [0.3, 0.4) is 0 Å². The van der Waals surface area contributed by atoms with E-state index in [9.17, 15) is 19.2 Å². The number of carboxylic acids is 1. The largest absolute Gasteiger partial charge is 0.475 e. The van der Waals surface area contributed by atoms with E-state index in [4.69, 9.17) is 26.5 Å². The molecule has 0 unspecified atom stereocenters. The topological polar surface area (TPSA) is 255 Å². The second-order valence-electron chi connectivity index (χ2n) is 18.3. The number of rotatable bonds is 8. The van der Waals surface area contributed by atoms with Gasteiger partial charge in [-0.15, -0.1) is 22.7 Å². The van der Waals surface area contributed by atoms with Gasteiger partial charge in [0.05, 0.1) is 38.4 Å². The predicted octanol–water partition coefficient (Wildman–Crippen LogP) is 7.85. The molecule has 2 amide bonds. The molecule has 18 nitrogen and oxygen atoms in total. The minimum Gasteiger partial charge on any atom is -0.475 e. The first kappa shape index (κ1) is 50.0. The highest BCUT2D eigenvalue weighted by molar-refractivity contribution is 7.22. The summed E-state index contributed by atoms with van der Waals surface area (Å²) in [7, 11) is 3.95. The number of carboxylic acid groups (broad SMARTS) is 1. The zero-order valence-corrected chi connectivity index (χ0v) is 42.1. The molecule has 0 saturated carbocycles. The van der Waals surface area contributed by atoms with Gasteiger partial charge in [0.25, 0.3) is 0 Å². The van der Waals surface area contributed by atoms with Gasteiger partial charge in [-0.1, -0.05) is 32.0 Å². The minimum atomic E-state index is -1.43. The van der Waals surface area contributed by atoms with Gasteiger partial charge in [-0.05, 0) is 116 Å². The smallest absolute Gasteiger partial charge is 0.372 e. The Labute approximate surface area is 418 Å². The van der Waals surface area contributed by atoms with Crippen LogP contribution < -0.4 is 22.1 Å². The number of nitrogens with two attached hydrogens (primary N) is 2. The molecule has 4 atom stereocenters. The van der Waals surface area contributed by atoms with E-state index in [1.165, 1.54) is 35.5 Å². The number of likely N-dealkylation sites (tertiary alicyclic amines) is 1. The van der Waals surface area contributed by atoms with Gasteiger partial charge in [0, 0.05) is 64.1 Å². The summed E-state index contributed by atoms with van der Waals surface area (Å²) < 4.78 is 6.24. The highest BCUT2D eigenvalue weighted by Crippen LogP contribution is 2.37. The van der Waals surface area contributed by atoms with Crippen molar-refractivity contribution >= 4 is 84.0 Å². The predicted molar refractivity (Wildman–Crippen MR) is 277 cm³/mol. The number of carbonyl (C=O) groups excluding carboxylic acids is 3. The molecule has 8 heterocycles. The third-order valence-corrected chi connectivity index (χ3v) is 14.8. The quantitative estimate of drug-likeness (QED) is 0.0909. The van der Waals surface area contributed by atoms with Crippen LogP contribution in [-0.2, 0) is 39.7 Å². The number of ketones is 1. The molecule has 20 heteroatoms. The molecule has 0 bridgehead atoms. The molecule has 6 aromatic heterocycles. The number of aliphatic carboxylic acids is 1. The summed E-state index contributed by atoms with van der Waals surface area (Å²) in [5, 5.41) is 16.5. The van der Waals surface area contributed by atoms with E-state index in [-0.39, 0.29) is 12.5 Å². The molecule has 10 rings (SSSR count). The first-order valence-corrected chi connectivity index (χ1v) is 25.0. The molecular weight excluding hydrogens is 939 g/mol. The number of nitrogens with one attached hydrogen (secondary N) is 2. The van der Waals surface area contributed by atoms with Gasteiger partial charge in [-0.25, -0.2) is 34.7 Å². The molecule has 71 heavy (non-hydrogen) atoms. The van der Waals surface area contributed by atoms with Crippen LogP contribution in [0.1, 0.15) is 79.4 Å². The number of Topliss-reactive ketones (excluding diaryl/α,β-unsaturated/α-hetero) is 1. The van der Waals surface area contributed by atoms with Crippen molar-refractivity contribution in [3.05, 3.63) is 114 Å². The molecular formula is C51H57N13O5S2. The van der Waals surface area contributed by atoms with Crippen molar-refractivity contribution in [2.75, 3.05) is 29.9 Å². The van der Waals surface area contributed by atoms with Crippen molar-refractivity contribution < 1.29 is 24.3 Å². The average molecular weight is 996 g/mol. The molecule has 2 aliphatic heterocycles. The number of aryl methyl sites for hydroxylation is 4. The Kier molecular flexibility index (Phi) is 15.3. The Morgan fingerprint density at radius 3 is 1.87 bits per heavy atom. The van der Waals surface area contributed by atoms with Crippen LogP contribution in [0.5, 0.6) is 0 Å². The summed E-state index contributed by atoms with van der Waals surface area (Å²) in [6.45, 7) is 9.59. The van der Waals surface area contributed by atoms with Gasteiger partial charge in [-0.2, -0.15) is 0 Å². The van der Waals surface area contributed by atoms with E-state index in [2.05, 4.69) is 62.6 Å². The maximum absolute atomic E-state index is 13.3. The van der Waals surface area contributed by atoms with Gasteiger partial charge < -0.3 is 41.2 Å². The van der Waals surface area contributed by atoms with Gasteiger partial charge in [0.1, 0.15) is 11.6 Å². The number of pyridine rings is 2. The average Bonchev–Trinajstić information content (AvgIpc) is 4.18. The lowest BCUT2D eigenvalue weighted by molar-refractivity contribution is -0.148. The number of piperidine rings is 2. The van der Waals surface area contributed by atoms with Crippen molar-refractivity contribution in [2.45, 2.75) is 71.9 Å². The maximum Gasteiger partial charge on any atom is 0.372 e. The fraction of sp³-hybridized carbons (Fsp3) is 0.333. The zero-order valence-electron chi connectivity index (χ0n) is 40.4. The van der Waals surface area contributed by atoms with Gasteiger partial charge in [0.2, 0.25) is 5.78 Å². The lowest BCUT2D eigenvalue weighted by atomic mass is 9.89. The van der Waals surface area contributed by atoms with Gasteiger partial charge >= 0.3 is 17.8 Å². The minimum absolute atomic E-state index is 0.149. The van der Waals surface area contributed by atoms with Crippen LogP contribution >= 0.6 is 22.7 Å². The molecule has 0 spiro atoms. The summed E-state index contributed by atoms with van der Waals surface area (Å²) in [5.74, 6) is 0.114. The van der Waals surface area contributed by atoms with Crippen LogP contribution in [0.25, 0.3) is 42.1 Å². The van der Waals surface area contributed by atoms with E-state index >= 15 is 0 Å². The fourth-order valence-electron chi connectivity index (χ4n) is 8.62. The van der Waals surface area contributed by atoms with Crippen molar-refractivity contribution in [1.29, 1.82) is 0 Å². The Morgan fingerprint density at radius 1 is 0.746 bits per heavy atom. The molecule has 2 aromatic carbocycles. The summed E-state index contributed by atoms with van der Waals surface area (Å²) in [6.07, 6.45) is 14.4. The zero-order chi connectivity index (χ0) is 50.5. The number of nitrogens with zero attached hydrogens (tertiary/aromatic N) is 9. The fourth-order valence-corrected chi connectivity index (χ4v) is 10.6. The number of hydrogen-bond donors (Lipinski definition) is 5. The van der Waals surface area contributed by atoms with E-state index < -0.39 is 23.6 Å². The number of nitrogen functional groups attached to an aromatic ring is 2. The standard InChI is InChI=1S/C25H27N7O2S.C17H20N4S.C9H10N2O3/c1-14-4-6-19(32(13-14)25(34)23(33)29-17-10-15(2)21(26)28-12-17)16-5-7-20-18(11-16)30-24(35-20)22-27-8-9-31(22)3;1-11-3-5-13(19-10-11)12-4-6-15-14(9-12)20-17(22-15)16-18-7-8-21(16)2;1-5-2-6(4-11-8(5)10)3-7(12)9(13)14/h5,7-12,14,19H,4,6,13H2,1-3H3,(H2,26,28)(H,29,33);4,6-9,11,13,19H,3,5,10H2,1-2H3;2,4H,3H2,1H3,(H2,10,11)(H,13,14)/t14-,19+;11-,13+;/m00./s1. The molecule has 0 radical (unpaired) electrons. The van der Waals surface area contributed by atoms with Crippen LogP contribution in [0.2, 0.25) is 0 Å². The summed E-state index contributed by atoms with van der Waals surface area (Å²) in [4.78, 5) is 75.3. The second kappa shape index (κ2) is 21.7. The molecule has 368 valence electrons. The molecule has 2 fully saturated rings. The van der Waals surface area contributed by atoms with E-state index in [1.54, 1.807) is 59.8 Å². The lowest BCUT2D eigenvalue weighted by Crippen LogP contribution is -2.46. The Morgan fingerprint density at radius 2 is 1.32 bits per heavy atom. The van der Waals surface area contributed by atoms with Crippen LogP contribution in [0.15, 0.2) is 85.7 Å². The summed E-state index contributed by atoms with van der Waals surface area (Å²) in [5.41, 5.74) is 18.0. The molecule has 2 aliphatic rings. The summed E-state index contributed by atoms with van der Waals surface area (Å²) >= 11 is 3.30. The SMILES string of the molecule is C[C@H]1CC[C@H](c2ccc3sc(-c4nccn4C)nc3c2)NC1.Cc1cc(CC(=O)C(=O)O)cnc1N.Cc1cc(NC(=O)C(=O)N2C[C@@H](C)CC[C@@H]2c2ccc3sc(-c4nccn4C)nc3c2)cnc1N. The van der Waals surface area contributed by atoms with Crippen LogP contribution in [0, 0.1) is 25.7 Å². The first-order chi connectivity index (χ1) is 34.0. The second-order valence-corrected chi connectivity index (χ2v) is 20.4. The number of thiazole rings is 2. The Balaban J connectivity index is 0.000000159. The maximum atomic E-state index is 13.3. The first-order valence-electron chi connectivity index (χ1n) is 23.3. The van der Waals surface area contributed by atoms with E-state index in [1.807, 2.05) is 60.0 Å². The Bertz CT molecular complexity index is 3240. The summed E-state index contributed by atoms with van der Waals surface area (Å²) in [6, 6.07) is 16.4. The highest BCUT2D eigenvalue weighted by Gasteiger charge is 2.35. The number of fused-ring (bicyclic) bond motifs is 2. The molecule has 8 aromatic rings. The number of amides is 2. The number of carbonyl (C=O) groups is 4. The Hall–Kier alpha value is -7.42. The van der Waals surface area contributed by atoms with Gasteiger partial charge in [-0.3, -0.25) is 14.4 Å². The van der Waals surface area contributed by atoms with Crippen LogP contribution in [0.4, 0.5) is 17.3 Å². The monoisotopic (exact) mass is 995 g/mol. The van der Waals surface area contributed by atoms with Crippen molar-refractivity contribution in [3.63, 3.8) is 0 Å². The third-order valence-electron chi connectivity index (χ3n) is 12.7. The van der Waals surface area contributed by atoms with Crippen LogP contribution in [-0.4, -0.2) is 85.7 Å². The van der Waals surface area contributed by atoms with Crippen molar-refractivity contribution in [3.8, 4) is 21.7 Å². The molecule has 0 aliphatic carbocycles. The number of imidazole rings is 2. The molecule has 7 N–H and O–H groups in total.